The van der Waals surface area contributed by atoms with E-state index in [1.807, 2.05) is 16.8 Å². The number of hydrogen-bond acceptors (Lipinski definition) is 2. The smallest absolute Gasteiger partial charge is 0.146 e. The van der Waals surface area contributed by atoms with Crippen molar-refractivity contribution in [1.29, 1.82) is 0 Å². The summed E-state index contributed by atoms with van der Waals surface area (Å²) >= 11 is 0. The number of rotatable bonds is 3. The van der Waals surface area contributed by atoms with Crippen molar-refractivity contribution in [2.24, 2.45) is 0 Å². The van der Waals surface area contributed by atoms with Crippen molar-refractivity contribution in [3.05, 3.63) is 36.3 Å². The van der Waals surface area contributed by atoms with Gasteiger partial charge in [0, 0.05) is 18.3 Å². The second-order valence-corrected chi connectivity index (χ2v) is 3.64. The molecule has 0 fully saturated rings. The molecule has 16 heavy (non-hydrogen) atoms. The van der Waals surface area contributed by atoms with E-state index in [1.54, 1.807) is 12.3 Å². The van der Waals surface area contributed by atoms with E-state index in [0.29, 0.717) is 5.56 Å². The summed E-state index contributed by atoms with van der Waals surface area (Å²) < 4.78 is 15.2. The van der Waals surface area contributed by atoms with E-state index in [4.69, 9.17) is 5.73 Å². The standard InChI is InChI=1S/C12H14FN3/c1-2-8-16-11(6-7-15-16)9-4-3-5-10(13)12(9)14/h3-7H,2,8,14H2,1H3. The van der Waals surface area contributed by atoms with Crippen molar-refractivity contribution in [3.8, 4) is 11.3 Å². The summed E-state index contributed by atoms with van der Waals surface area (Å²) in [7, 11) is 0. The zero-order valence-electron chi connectivity index (χ0n) is 9.15. The molecule has 1 aromatic carbocycles. The highest BCUT2D eigenvalue weighted by Crippen LogP contribution is 2.27. The number of nitrogens with zero attached hydrogens (tertiary/aromatic N) is 2. The van der Waals surface area contributed by atoms with Crippen LogP contribution in [0, 0.1) is 5.82 Å². The molecule has 0 spiro atoms. The second kappa shape index (κ2) is 4.35. The molecule has 0 unspecified atom stereocenters. The molecule has 1 aromatic heterocycles. The van der Waals surface area contributed by atoms with Crippen LogP contribution in [0.25, 0.3) is 11.3 Å². The summed E-state index contributed by atoms with van der Waals surface area (Å²) in [4.78, 5) is 0. The summed E-state index contributed by atoms with van der Waals surface area (Å²) in [6.07, 6.45) is 2.68. The van der Waals surface area contributed by atoms with Crippen LogP contribution in [0.2, 0.25) is 0 Å². The van der Waals surface area contributed by atoms with Crippen molar-refractivity contribution in [1.82, 2.24) is 9.78 Å². The van der Waals surface area contributed by atoms with Crippen molar-refractivity contribution >= 4 is 5.69 Å². The molecule has 3 nitrogen and oxygen atoms in total. The maximum Gasteiger partial charge on any atom is 0.146 e. The molecule has 0 aliphatic rings. The van der Waals surface area contributed by atoms with Gasteiger partial charge in [0.1, 0.15) is 5.82 Å². The summed E-state index contributed by atoms with van der Waals surface area (Å²) in [5.41, 5.74) is 7.46. The Kier molecular flexibility index (Phi) is 2.90. The highest BCUT2D eigenvalue weighted by atomic mass is 19.1. The van der Waals surface area contributed by atoms with E-state index < -0.39 is 0 Å². The van der Waals surface area contributed by atoms with Gasteiger partial charge in [-0.25, -0.2) is 4.39 Å². The van der Waals surface area contributed by atoms with Gasteiger partial charge in [-0.2, -0.15) is 5.10 Å². The molecule has 1 heterocycles. The summed E-state index contributed by atoms with van der Waals surface area (Å²) in [6, 6.07) is 6.67. The Labute approximate surface area is 93.7 Å². The van der Waals surface area contributed by atoms with E-state index in [2.05, 4.69) is 12.0 Å². The van der Waals surface area contributed by atoms with Crippen LogP contribution in [0.15, 0.2) is 30.5 Å². The van der Waals surface area contributed by atoms with Gasteiger partial charge < -0.3 is 5.73 Å². The highest BCUT2D eigenvalue weighted by Gasteiger charge is 2.10. The number of hydrogen-bond donors (Lipinski definition) is 1. The number of nitrogens with two attached hydrogens (primary N) is 1. The first kappa shape index (κ1) is 10.7. The average Bonchev–Trinajstić information content (AvgIpc) is 2.71. The maximum atomic E-state index is 13.3. The number of para-hydroxylation sites is 1. The van der Waals surface area contributed by atoms with Crippen LogP contribution in [0.1, 0.15) is 13.3 Å². The van der Waals surface area contributed by atoms with Crippen molar-refractivity contribution < 1.29 is 4.39 Å². The minimum absolute atomic E-state index is 0.181. The van der Waals surface area contributed by atoms with E-state index in [9.17, 15) is 4.39 Å². The number of aromatic nitrogens is 2. The Bertz CT molecular complexity index is 491. The molecule has 0 amide bonds. The van der Waals surface area contributed by atoms with Gasteiger partial charge in [0.2, 0.25) is 0 Å². The third-order valence-corrected chi connectivity index (χ3v) is 2.48. The lowest BCUT2D eigenvalue weighted by molar-refractivity contribution is 0.607. The van der Waals surface area contributed by atoms with E-state index in [-0.39, 0.29) is 11.5 Å². The van der Waals surface area contributed by atoms with Crippen molar-refractivity contribution in [3.63, 3.8) is 0 Å². The van der Waals surface area contributed by atoms with Gasteiger partial charge in [-0.1, -0.05) is 19.1 Å². The zero-order valence-corrected chi connectivity index (χ0v) is 9.15. The van der Waals surface area contributed by atoms with Gasteiger partial charge in [0.15, 0.2) is 0 Å². The fourth-order valence-corrected chi connectivity index (χ4v) is 1.71. The van der Waals surface area contributed by atoms with E-state index in [0.717, 1.165) is 18.7 Å². The Morgan fingerprint density at radius 3 is 2.94 bits per heavy atom. The Morgan fingerprint density at radius 2 is 2.19 bits per heavy atom. The Hall–Kier alpha value is -1.84. The molecule has 0 radical (unpaired) electrons. The van der Waals surface area contributed by atoms with Crippen molar-refractivity contribution in [2.45, 2.75) is 19.9 Å². The summed E-state index contributed by atoms with van der Waals surface area (Å²) in [5, 5.41) is 4.19. The molecular weight excluding hydrogens is 205 g/mol. The maximum absolute atomic E-state index is 13.3. The number of nitrogen functional groups attached to an aromatic ring is 1. The summed E-state index contributed by atoms with van der Waals surface area (Å²) in [6.45, 7) is 2.87. The SMILES string of the molecule is CCCn1nccc1-c1cccc(F)c1N. The first-order valence-corrected chi connectivity index (χ1v) is 5.30. The third-order valence-electron chi connectivity index (χ3n) is 2.48. The molecule has 0 bridgehead atoms. The van der Waals surface area contributed by atoms with Crippen molar-refractivity contribution in [2.75, 3.05) is 5.73 Å². The molecule has 84 valence electrons. The first-order valence-electron chi connectivity index (χ1n) is 5.30. The van der Waals surface area contributed by atoms with Gasteiger partial charge in [0.25, 0.3) is 0 Å². The molecule has 4 heteroatoms. The Morgan fingerprint density at radius 1 is 1.38 bits per heavy atom. The third kappa shape index (κ3) is 1.78. The predicted molar refractivity (Wildman–Crippen MR) is 62.3 cm³/mol. The molecule has 2 N–H and O–H groups in total. The van der Waals surface area contributed by atoms with Crippen LogP contribution in [-0.4, -0.2) is 9.78 Å². The monoisotopic (exact) mass is 219 g/mol. The van der Waals surface area contributed by atoms with Gasteiger partial charge in [-0.05, 0) is 18.6 Å². The van der Waals surface area contributed by atoms with Crippen LogP contribution in [0.5, 0.6) is 0 Å². The molecule has 0 saturated carbocycles. The van der Waals surface area contributed by atoms with Crippen LogP contribution in [0.4, 0.5) is 10.1 Å². The zero-order chi connectivity index (χ0) is 11.5. The van der Waals surface area contributed by atoms with Gasteiger partial charge in [-0.15, -0.1) is 0 Å². The van der Waals surface area contributed by atoms with Gasteiger partial charge in [-0.3, -0.25) is 4.68 Å². The summed E-state index contributed by atoms with van der Waals surface area (Å²) in [5.74, 6) is -0.387. The number of aryl methyl sites for hydroxylation is 1. The highest BCUT2D eigenvalue weighted by molar-refractivity contribution is 5.74. The molecule has 0 aliphatic carbocycles. The van der Waals surface area contributed by atoms with Crippen LogP contribution >= 0.6 is 0 Å². The van der Waals surface area contributed by atoms with Crippen LogP contribution in [-0.2, 0) is 6.54 Å². The quantitative estimate of drug-likeness (QED) is 0.806. The Balaban J connectivity index is 2.50. The lowest BCUT2D eigenvalue weighted by Gasteiger charge is -2.09. The minimum atomic E-state index is -0.387. The largest absolute Gasteiger partial charge is 0.396 e. The predicted octanol–water partition coefficient (Wildman–Crippen LogP) is 2.68. The number of benzene rings is 1. The van der Waals surface area contributed by atoms with E-state index >= 15 is 0 Å². The minimum Gasteiger partial charge on any atom is -0.396 e. The fraction of sp³-hybridized carbons (Fsp3) is 0.250. The molecule has 2 rings (SSSR count). The van der Waals surface area contributed by atoms with Gasteiger partial charge >= 0.3 is 0 Å². The van der Waals surface area contributed by atoms with Crippen LogP contribution < -0.4 is 5.73 Å². The molecule has 0 atom stereocenters. The lowest BCUT2D eigenvalue weighted by atomic mass is 10.1. The first-order chi connectivity index (χ1) is 7.74. The second-order valence-electron chi connectivity index (χ2n) is 3.64. The van der Waals surface area contributed by atoms with Crippen LogP contribution in [0.3, 0.4) is 0 Å². The molecule has 0 aliphatic heterocycles. The average molecular weight is 219 g/mol. The molecule has 2 aromatic rings. The fourth-order valence-electron chi connectivity index (χ4n) is 1.71. The topological polar surface area (TPSA) is 43.8 Å². The molecular formula is C12H14FN3. The van der Waals surface area contributed by atoms with Gasteiger partial charge in [0.05, 0.1) is 11.4 Å². The normalized spacial score (nSPS) is 10.6. The lowest BCUT2D eigenvalue weighted by Crippen LogP contribution is -2.03. The number of anilines is 1. The van der Waals surface area contributed by atoms with E-state index in [1.165, 1.54) is 6.07 Å². The molecule has 0 saturated heterocycles. The number of halogens is 1.